The molecule has 12 nitrogen and oxygen atoms in total. The second-order valence-corrected chi connectivity index (χ2v) is 10.7. The molecular weight excluding hydrogens is 544 g/mol. The molecule has 2 heterocycles. The van der Waals surface area contributed by atoms with E-state index in [-0.39, 0.29) is 42.5 Å². The zero-order valence-electron chi connectivity index (χ0n) is 24.8. The number of anilines is 1. The van der Waals surface area contributed by atoms with Crippen molar-refractivity contribution < 1.29 is 34.2 Å². The maximum absolute atomic E-state index is 12.7. The van der Waals surface area contributed by atoms with Gasteiger partial charge in [-0.15, -0.1) is 0 Å². The number of rotatable bonds is 7. The van der Waals surface area contributed by atoms with E-state index in [9.17, 15) is 29.9 Å². The number of carbonyl (C=O) groups excluding carboxylic acids is 2. The van der Waals surface area contributed by atoms with Gasteiger partial charge in [0.15, 0.2) is 0 Å². The lowest BCUT2D eigenvalue weighted by atomic mass is 10.00. The lowest BCUT2D eigenvalue weighted by Gasteiger charge is -2.35. The molecule has 2 aliphatic heterocycles. The maximum atomic E-state index is 12.7. The molecule has 0 spiro atoms. The third-order valence-electron chi connectivity index (χ3n) is 7.94. The molecule has 0 saturated carbocycles. The number of aryl methyl sites for hydroxylation is 2. The van der Waals surface area contributed by atoms with Gasteiger partial charge in [0.1, 0.15) is 17.1 Å². The summed E-state index contributed by atoms with van der Waals surface area (Å²) in [7, 11) is 3.03. The van der Waals surface area contributed by atoms with Gasteiger partial charge in [-0.1, -0.05) is 0 Å². The number of ether oxygens (including phenoxy) is 2. The first-order valence-electron chi connectivity index (χ1n) is 14.2. The first-order chi connectivity index (χ1) is 20.1. The fraction of sp³-hybridized carbons (Fsp3) is 0.533. The Kier molecular flexibility index (Phi) is 11.5. The average molecular weight is 587 g/mol. The number of nitrogens with zero attached hydrogens (tertiary/aromatic N) is 3. The van der Waals surface area contributed by atoms with Crippen molar-refractivity contribution in [2.45, 2.75) is 64.5 Å². The molecule has 4 N–H and O–H groups in total. The summed E-state index contributed by atoms with van der Waals surface area (Å²) in [5.41, 5.74) is 8.16. The molecule has 230 valence electrons. The minimum atomic E-state index is -0.558. The van der Waals surface area contributed by atoms with Crippen molar-refractivity contribution in [2.24, 2.45) is 0 Å². The number of amides is 2. The van der Waals surface area contributed by atoms with Crippen molar-refractivity contribution in [1.29, 1.82) is 0 Å². The second-order valence-electron chi connectivity index (χ2n) is 10.7. The van der Waals surface area contributed by atoms with Gasteiger partial charge in [-0.25, -0.2) is 0 Å². The first kappa shape index (κ1) is 32.6. The molecule has 0 bridgehead atoms. The van der Waals surface area contributed by atoms with Gasteiger partial charge in [0, 0.05) is 30.9 Å². The molecule has 2 fully saturated rings. The number of aliphatic hydroxyl groups excluding tert-OH is 2. The molecular formula is C30H42N4O8. The summed E-state index contributed by atoms with van der Waals surface area (Å²) in [6, 6.07) is 5.82. The number of likely N-dealkylation sites (tertiary alicyclic amines) is 2. The Morgan fingerprint density at radius 3 is 1.76 bits per heavy atom. The molecule has 2 atom stereocenters. The van der Waals surface area contributed by atoms with E-state index in [1.165, 1.54) is 24.1 Å². The highest BCUT2D eigenvalue weighted by Gasteiger charge is 2.32. The number of carbonyl (C=O) groups is 2. The molecule has 0 aromatic heterocycles. The highest BCUT2D eigenvalue weighted by Crippen LogP contribution is 2.31. The molecule has 2 aromatic carbocycles. The molecule has 0 aliphatic carbocycles. The first-order valence-corrected chi connectivity index (χ1v) is 14.2. The average Bonchev–Trinajstić information content (AvgIpc) is 3.00. The van der Waals surface area contributed by atoms with Crippen LogP contribution in [0.5, 0.6) is 11.5 Å². The normalized spacial score (nSPS) is 18.5. The zero-order valence-corrected chi connectivity index (χ0v) is 24.8. The van der Waals surface area contributed by atoms with E-state index in [0.29, 0.717) is 47.8 Å². The Bertz CT molecular complexity index is 1280. The predicted octanol–water partition coefficient (Wildman–Crippen LogP) is 3.47. The van der Waals surface area contributed by atoms with Gasteiger partial charge in [-0.05, 0) is 75.6 Å². The van der Waals surface area contributed by atoms with Crippen molar-refractivity contribution in [2.75, 3.05) is 46.3 Å². The van der Waals surface area contributed by atoms with Gasteiger partial charge in [-0.3, -0.25) is 19.7 Å². The van der Waals surface area contributed by atoms with Crippen LogP contribution in [-0.2, 0) is 0 Å². The Morgan fingerprint density at radius 2 is 1.31 bits per heavy atom. The Morgan fingerprint density at radius 1 is 0.857 bits per heavy atom. The third-order valence-corrected chi connectivity index (χ3v) is 7.94. The van der Waals surface area contributed by atoms with Crippen LogP contribution in [0.4, 0.5) is 11.4 Å². The van der Waals surface area contributed by atoms with E-state index in [1.54, 1.807) is 31.1 Å². The highest BCUT2D eigenvalue weighted by molar-refractivity contribution is 6.00. The van der Waals surface area contributed by atoms with Crippen molar-refractivity contribution in [3.05, 3.63) is 56.6 Å². The number of nitrogens with two attached hydrogens (primary N) is 1. The van der Waals surface area contributed by atoms with Gasteiger partial charge < -0.3 is 35.2 Å². The van der Waals surface area contributed by atoms with Gasteiger partial charge in [-0.2, -0.15) is 0 Å². The van der Waals surface area contributed by atoms with Crippen molar-refractivity contribution in [3.63, 3.8) is 0 Å². The third kappa shape index (κ3) is 7.29. The highest BCUT2D eigenvalue weighted by atomic mass is 16.6. The van der Waals surface area contributed by atoms with Crippen molar-refractivity contribution in [1.82, 2.24) is 9.80 Å². The maximum Gasteiger partial charge on any atom is 0.282 e. The molecule has 2 aliphatic rings. The number of benzene rings is 2. The molecule has 12 heteroatoms. The number of hydrogen-bond donors (Lipinski definition) is 3. The summed E-state index contributed by atoms with van der Waals surface area (Å²) in [5.74, 6) is 0.537. The minimum absolute atomic E-state index is 0.00532. The number of hydrogen-bond acceptors (Lipinski definition) is 9. The summed E-state index contributed by atoms with van der Waals surface area (Å²) >= 11 is 0. The summed E-state index contributed by atoms with van der Waals surface area (Å²) in [5, 5.41) is 30.1. The van der Waals surface area contributed by atoms with Crippen LogP contribution < -0.4 is 15.2 Å². The van der Waals surface area contributed by atoms with E-state index in [2.05, 4.69) is 0 Å². The van der Waals surface area contributed by atoms with Gasteiger partial charge >= 0.3 is 0 Å². The van der Waals surface area contributed by atoms with Crippen LogP contribution in [-0.4, -0.2) is 89.4 Å². The fourth-order valence-corrected chi connectivity index (χ4v) is 5.56. The van der Waals surface area contributed by atoms with Crippen molar-refractivity contribution >= 4 is 23.2 Å². The summed E-state index contributed by atoms with van der Waals surface area (Å²) in [6.45, 7) is 4.60. The Hall–Kier alpha value is -3.90. The van der Waals surface area contributed by atoms with Gasteiger partial charge in [0.25, 0.3) is 17.5 Å². The lowest BCUT2D eigenvalue weighted by Crippen LogP contribution is -2.45. The Balaban J connectivity index is 0.000000231. The fourth-order valence-electron chi connectivity index (χ4n) is 5.56. The number of nitro benzene ring substituents is 1. The minimum Gasteiger partial charge on any atom is -0.496 e. The van der Waals surface area contributed by atoms with Crippen LogP contribution in [0.2, 0.25) is 0 Å². The standard InChI is InChI=1S/C15H20N2O5.C15H22N2O3/c1-10-7-13(17(20)21)12(8-14(10)22-2)15(19)16-6-4-3-5-11(16)9-18;1-10-7-13(16)12(8-14(10)20-2)15(19)17-6-4-3-5-11(17)9-18/h7-8,11,18H,3-6,9H2,1-2H3;7-8,11,18H,3-6,9,16H2,1-2H3/t2*11-/m00/s1. The van der Waals surface area contributed by atoms with E-state index >= 15 is 0 Å². The van der Waals surface area contributed by atoms with Crippen LogP contribution in [0, 0.1) is 24.0 Å². The molecule has 4 rings (SSSR count). The summed E-state index contributed by atoms with van der Waals surface area (Å²) in [4.78, 5) is 39.3. The monoisotopic (exact) mass is 586 g/mol. The summed E-state index contributed by atoms with van der Waals surface area (Å²) < 4.78 is 10.4. The molecule has 0 unspecified atom stereocenters. The topological polar surface area (TPSA) is 169 Å². The van der Waals surface area contributed by atoms with Gasteiger partial charge in [0.05, 0.1) is 50.0 Å². The molecule has 2 amide bonds. The SMILES string of the molecule is COc1cc(C(=O)N2CCCC[C@H]2CO)c(N)cc1C.COc1cc(C(=O)N2CCCC[C@H]2CO)c([N+](=O)[O-])cc1C. The van der Waals surface area contributed by atoms with E-state index < -0.39 is 10.8 Å². The lowest BCUT2D eigenvalue weighted by molar-refractivity contribution is -0.385. The zero-order chi connectivity index (χ0) is 31.0. The predicted molar refractivity (Wildman–Crippen MR) is 158 cm³/mol. The number of piperidine rings is 2. The largest absolute Gasteiger partial charge is 0.496 e. The molecule has 0 radical (unpaired) electrons. The van der Waals surface area contributed by atoms with Gasteiger partial charge in [0.2, 0.25) is 0 Å². The molecule has 42 heavy (non-hydrogen) atoms. The quantitative estimate of drug-likeness (QED) is 0.250. The molecule has 2 saturated heterocycles. The number of nitro groups is 1. The second kappa shape index (κ2) is 14.8. The van der Waals surface area contributed by atoms with E-state index in [0.717, 1.165) is 37.7 Å². The van der Waals surface area contributed by atoms with E-state index in [1.807, 2.05) is 6.92 Å². The van der Waals surface area contributed by atoms with E-state index in [4.69, 9.17) is 15.2 Å². The summed E-state index contributed by atoms with van der Waals surface area (Å²) in [6.07, 6.45) is 5.32. The smallest absolute Gasteiger partial charge is 0.282 e. The Labute approximate surface area is 246 Å². The van der Waals surface area contributed by atoms with Crippen molar-refractivity contribution in [3.8, 4) is 11.5 Å². The van der Waals surface area contributed by atoms with Crippen LogP contribution in [0.25, 0.3) is 0 Å². The van der Waals surface area contributed by atoms with Crippen LogP contribution in [0.3, 0.4) is 0 Å². The number of nitrogen functional groups attached to an aromatic ring is 1. The van der Waals surface area contributed by atoms with Crippen LogP contribution >= 0.6 is 0 Å². The van der Waals surface area contributed by atoms with Crippen LogP contribution in [0.15, 0.2) is 24.3 Å². The number of aliphatic hydroxyl groups is 2. The molecule has 2 aromatic rings. The van der Waals surface area contributed by atoms with Crippen LogP contribution in [0.1, 0.15) is 70.4 Å². The number of methoxy groups -OCH3 is 2.